The molecule has 4 N–H and O–H groups in total. The fourth-order valence-electron chi connectivity index (χ4n) is 3.33. The van der Waals surface area contributed by atoms with E-state index >= 15 is 0 Å². The Kier molecular flexibility index (Phi) is 6.69. The van der Waals surface area contributed by atoms with E-state index < -0.39 is 46.8 Å². The summed E-state index contributed by atoms with van der Waals surface area (Å²) in [5, 5.41) is 3.90. The highest BCUT2D eigenvalue weighted by Crippen LogP contribution is 2.31. The molecule has 164 valence electrons. The second-order valence-electron chi connectivity index (χ2n) is 7.00. The van der Waals surface area contributed by atoms with Gasteiger partial charge in [0.05, 0.1) is 27.9 Å². The van der Waals surface area contributed by atoms with Crippen molar-refractivity contribution < 1.29 is 27.6 Å². The summed E-state index contributed by atoms with van der Waals surface area (Å²) in [6, 6.07) is 3.81. The Balaban J connectivity index is 1.77. The Bertz CT molecular complexity index is 1050. The van der Waals surface area contributed by atoms with Crippen LogP contribution < -0.4 is 21.3 Å². The van der Waals surface area contributed by atoms with Crippen LogP contribution in [0.25, 0.3) is 0 Å². The molecule has 3 rings (SSSR count). The molecular weight excluding hydrogens is 437 g/mol. The van der Waals surface area contributed by atoms with Crippen molar-refractivity contribution in [2.45, 2.75) is 12.8 Å². The van der Waals surface area contributed by atoms with Gasteiger partial charge >= 0.3 is 6.03 Å². The van der Waals surface area contributed by atoms with Crippen molar-refractivity contribution in [3.63, 3.8) is 0 Å². The molecule has 31 heavy (non-hydrogen) atoms. The van der Waals surface area contributed by atoms with Crippen LogP contribution in [-0.4, -0.2) is 30.9 Å². The molecule has 2 aromatic rings. The summed E-state index contributed by atoms with van der Waals surface area (Å²) in [5.41, 5.74) is 5.42. The number of amides is 4. The number of hydrogen-bond acceptors (Lipinski definition) is 4. The number of urea groups is 1. The number of nitrogens with zero attached hydrogens (tertiary/aromatic N) is 1. The minimum Gasteiger partial charge on any atom is -0.369 e. The summed E-state index contributed by atoms with van der Waals surface area (Å²) in [7, 11) is 0. The molecule has 7 nitrogen and oxygen atoms in total. The molecule has 0 aliphatic carbocycles. The first-order chi connectivity index (χ1) is 14.7. The largest absolute Gasteiger partial charge is 0.369 e. The van der Waals surface area contributed by atoms with Crippen molar-refractivity contribution in [2.75, 3.05) is 23.3 Å². The van der Waals surface area contributed by atoms with Crippen molar-refractivity contribution in [3.8, 4) is 0 Å². The Morgan fingerprint density at radius 2 is 1.81 bits per heavy atom. The summed E-state index contributed by atoms with van der Waals surface area (Å²) in [5.74, 6) is -5.11. The third-order valence-corrected chi connectivity index (χ3v) is 5.17. The Morgan fingerprint density at radius 3 is 2.52 bits per heavy atom. The van der Waals surface area contributed by atoms with E-state index in [0.29, 0.717) is 43.8 Å². The van der Waals surface area contributed by atoms with Crippen LogP contribution in [0.5, 0.6) is 0 Å². The quantitative estimate of drug-likeness (QED) is 0.616. The fraction of sp³-hybridized carbons (Fsp3) is 0.250. The monoisotopic (exact) mass is 454 g/mol. The van der Waals surface area contributed by atoms with E-state index in [9.17, 15) is 27.6 Å². The molecule has 11 heteroatoms. The SMILES string of the molecule is NC(=O)C1CCCN(c2ccc(F)cc2NC(=O)NC(=O)c2cc(F)c(F)cc2Cl)C1. The maximum atomic E-state index is 13.8. The maximum absolute atomic E-state index is 13.8. The molecule has 0 saturated carbocycles. The summed E-state index contributed by atoms with van der Waals surface area (Å²) >= 11 is 5.73. The van der Waals surface area contributed by atoms with Gasteiger partial charge in [0.2, 0.25) is 5.91 Å². The average molecular weight is 455 g/mol. The molecule has 1 fully saturated rings. The van der Waals surface area contributed by atoms with Crippen molar-refractivity contribution in [3.05, 3.63) is 58.4 Å². The van der Waals surface area contributed by atoms with E-state index in [2.05, 4.69) is 5.32 Å². The molecule has 1 saturated heterocycles. The minimum absolute atomic E-state index is 0.0480. The van der Waals surface area contributed by atoms with Crippen LogP contribution in [0.2, 0.25) is 5.02 Å². The highest BCUT2D eigenvalue weighted by molar-refractivity contribution is 6.34. The number of imide groups is 1. The van der Waals surface area contributed by atoms with Gasteiger partial charge in [0.1, 0.15) is 5.82 Å². The van der Waals surface area contributed by atoms with Crippen LogP contribution in [0, 0.1) is 23.4 Å². The van der Waals surface area contributed by atoms with Gasteiger partial charge in [-0.3, -0.25) is 14.9 Å². The number of hydrogen-bond donors (Lipinski definition) is 3. The van der Waals surface area contributed by atoms with Crippen LogP contribution in [0.1, 0.15) is 23.2 Å². The van der Waals surface area contributed by atoms with E-state index in [1.54, 1.807) is 4.90 Å². The molecule has 1 aliphatic heterocycles. The summed E-state index contributed by atoms with van der Waals surface area (Å²) in [6.45, 7) is 0.843. The van der Waals surface area contributed by atoms with Crippen LogP contribution in [0.3, 0.4) is 0 Å². The van der Waals surface area contributed by atoms with Crippen molar-refractivity contribution in [2.24, 2.45) is 11.7 Å². The summed E-state index contributed by atoms with van der Waals surface area (Å²) < 4.78 is 40.4. The molecule has 1 atom stereocenters. The standard InChI is InChI=1S/C20H18ClF3N4O3/c21-13-8-15(24)14(23)7-12(13)19(30)27-20(31)26-16-6-11(22)3-4-17(16)28-5-1-2-10(9-28)18(25)29/h3-4,6-8,10H,1-2,5,9H2,(H2,25,29)(H2,26,27,30,31). The predicted molar refractivity (Wildman–Crippen MR) is 108 cm³/mol. The normalized spacial score (nSPS) is 16.0. The van der Waals surface area contributed by atoms with Crippen molar-refractivity contribution >= 4 is 40.8 Å². The Morgan fingerprint density at radius 1 is 1.10 bits per heavy atom. The zero-order valence-electron chi connectivity index (χ0n) is 16.1. The van der Waals surface area contributed by atoms with E-state index in [1.165, 1.54) is 12.1 Å². The number of carbonyl (C=O) groups is 3. The fourth-order valence-corrected chi connectivity index (χ4v) is 3.57. The van der Waals surface area contributed by atoms with E-state index in [4.69, 9.17) is 17.3 Å². The number of benzene rings is 2. The van der Waals surface area contributed by atoms with Gasteiger partial charge in [0.15, 0.2) is 11.6 Å². The predicted octanol–water partition coefficient (Wildman–Crippen LogP) is 3.42. The van der Waals surface area contributed by atoms with E-state index in [1.807, 2.05) is 5.32 Å². The molecule has 0 bridgehead atoms. The highest BCUT2D eigenvalue weighted by atomic mass is 35.5. The Hall–Kier alpha value is -3.27. The molecule has 0 radical (unpaired) electrons. The number of halogens is 4. The number of nitrogens with one attached hydrogen (secondary N) is 2. The molecule has 0 spiro atoms. The number of nitrogens with two attached hydrogens (primary N) is 1. The number of anilines is 2. The summed E-state index contributed by atoms with van der Waals surface area (Å²) in [4.78, 5) is 37.8. The minimum atomic E-state index is -1.31. The third-order valence-electron chi connectivity index (χ3n) is 4.85. The van der Waals surface area contributed by atoms with Gasteiger partial charge in [-0.05, 0) is 43.2 Å². The van der Waals surface area contributed by atoms with Gasteiger partial charge in [-0.25, -0.2) is 18.0 Å². The van der Waals surface area contributed by atoms with Crippen LogP contribution in [-0.2, 0) is 4.79 Å². The zero-order chi connectivity index (χ0) is 22.7. The first-order valence-electron chi connectivity index (χ1n) is 9.26. The second-order valence-corrected chi connectivity index (χ2v) is 7.41. The third kappa shape index (κ3) is 5.26. The molecule has 0 aromatic heterocycles. The highest BCUT2D eigenvalue weighted by Gasteiger charge is 2.26. The topological polar surface area (TPSA) is 105 Å². The van der Waals surface area contributed by atoms with E-state index in [0.717, 1.165) is 6.07 Å². The van der Waals surface area contributed by atoms with Gasteiger partial charge in [-0.1, -0.05) is 11.6 Å². The lowest BCUT2D eigenvalue weighted by molar-refractivity contribution is -0.122. The number of carbonyl (C=O) groups excluding carboxylic acids is 3. The van der Waals surface area contributed by atoms with Crippen molar-refractivity contribution in [1.82, 2.24) is 5.32 Å². The van der Waals surface area contributed by atoms with Crippen molar-refractivity contribution in [1.29, 1.82) is 0 Å². The van der Waals surface area contributed by atoms with Gasteiger partial charge in [0, 0.05) is 13.1 Å². The summed E-state index contributed by atoms with van der Waals surface area (Å²) in [6.07, 6.45) is 1.30. The lowest BCUT2D eigenvalue weighted by Gasteiger charge is -2.34. The molecule has 1 unspecified atom stereocenters. The molecule has 2 aromatic carbocycles. The van der Waals surface area contributed by atoms with Crippen LogP contribution in [0.4, 0.5) is 29.3 Å². The van der Waals surface area contributed by atoms with Gasteiger partial charge in [-0.2, -0.15) is 0 Å². The number of piperidine rings is 1. The van der Waals surface area contributed by atoms with Crippen LogP contribution in [0.15, 0.2) is 30.3 Å². The van der Waals surface area contributed by atoms with Crippen LogP contribution >= 0.6 is 11.6 Å². The Labute approximate surface area is 180 Å². The lowest BCUT2D eigenvalue weighted by atomic mass is 9.97. The molecule has 1 aliphatic rings. The lowest BCUT2D eigenvalue weighted by Crippen LogP contribution is -2.42. The zero-order valence-corrected chi connectivity index (χ0v) is 16.8. The first-order valence-corrected chi connectivity index (χ1v) is 9.64. The maximum Gasteiger partial charge on any atom is 0.326 e. The molecule has 4 amide bonds. The van der Waals surface area contributed by atoms with Gasteiger partial charge in [-0.15, -0.1) is 0 Å². The average Bonchev–Trinajstić information content (AvgIpc) is 2.70. The molecule has 1 heterocycles. The first kappa shape index (κ1) is 22.4. The molecular formula is C20H18ClF3N4O3. The second kappa shape index (κ2) is 9.25. The van der Waals surface area contributed by atoms with Gasteiger partial charge < -0.3 is 16.0 Å². The number of rotatable bonds is 4. The number of primary amides is 1. The smallest absolute Gasteiger partial charge is 0.326 e. The van der Waals surface area contributed by atoms with Gasteiger partial charge in [0.25, 0.3) is 5.91 Å². The van der Waals surface area contributed by atoms with E-state index in [-0.39, 0.29) is 10.7 Å².